The molecule has 0 saturated carbocycles. The lowest BCUT2D eigenvalue weighted by Crippen LogP contribution is -2.32. The maximum Gasteiger partial charge on any atom is 0.137 e. The zero-order valence-corrected chi connectivity index (χ0v) is 10.1. The second-order valence-electron chi connectivity index (χ2n) is 3.70. The van der Waals surface area contributed by atoms with Gasteiger partial charge < -0.3 is 15.0 Å². The van der Waals surface area contributed by atoms with Crippen molar-refractivity contribution < 1.29 is 4.74 Å². The van der Waals surface area contributed by atoms with Crippen LogP contribution in [0.15, 0.2) is 12.7 Å². The summed E-state index contributed by atoms with van der Waals surface area (Å²) < 4.78 is 6.79. The largest absolute Gasteiger partial charge is 0.383 e. The number of nitrogens with one attached hydrogen (secondary N) is 1. The lowest BCUT2D eigenvalue weighted by molar-refractivity contribution is 0.197. The monoisotopic (exact) mass is 227 g/mol. The fourth-order valence-electron chi connectivity index (χ4n) is 1.30. The number of methoxy groups -OCH3 is 1. The molecule has 0 atom stereocenters. The highest BCUT2D eigenvalue weighted by Crippen LogP contribution is 1.85. The quantitative estimate of drug-likeness (QED) is 0.573. The van der Waals surface area contributed by atoms with Gasteiger partial charge in [0.1, 0.15) is 12.7 Å². The second-order valence-corrected chi connectivity index (χ2v) is 3.70. The Morgan fingerprint density at radius 3 is 2.94 bits per heavy atom. The number of nitrogens with zero attached hydrogens (tertiary/aromatic N) is 4. The molecule has 1 aromatic rings. The maximum atomic E-state index is 4.95. The molecule has 1 N–H and O–H groups in total. The van der Waals surface area contributed by atoms with E-state index in [0.29, 0.717) is 0 Å². The van der Waals surface area contributed by atoms with Crippen LogP contribution in [0.25, 0.3) is 0 Å². The van der Waals surface area contributed by atoms with Crippen molar-refractivity contribution >= 4 is 0 Å². The molecule has 0 bridgehead atoms. The molecule has 1 heterocycles. The topological polar surface area (TPSA) is 55.2 Å². The minimum atomic E-state index is 0.767. The summed E-state index contributed by atoms with van der Waals surface area (Å²) in [4.78, 5) is 6.17. The molecule has 16 heavy (non-hydrogen) atoms. The van der Waals surface area contributed by atoms with Gasteiger partial charge in [-0.05, 0) is 7.05 Å². The van der Waals surface area contributed by atoms with Gasteiger partial charge in [-0.1, -0.05) is 0 Å². The summed E-state index contributed by atoms with van der Waals surface area (Å²) in [7, 11) is 3.82. The molecular formula is C10H21N5O. The van der Waals surface area contributed by atoms with Gasteiger partial charge in [-0.25, -0.2) is 4.98 Å². The van der Waals surface area contributed by atoms with E-state index >= 15 is 0 Å². The summed E-state index contributed by atoms with van der Waals surface area (Å²) in [5.41, 5.74) is 0. The number of rotatable bonds is 9. The van der Waals surface area contributed by atoms with Gasteiger partial charge >= 0.3 is 0 Å². The summed E-state index contributed by atoms with van der Waals surface area (Å²) in [5.74, 6) is 0. The summed E-state index contributed by atoms with van der Waals surface area (Å²) in [5, 5.41) is 7.36. The van der Waals surface area contributed by atoms with E-state index in [1.54, 1.807) is 19.8 Å². The predicted octanol–water partition coefficient (Wildman–Crippen LogP) is -0.554. The third-order valence-corrected chi connectivity index (χ3v) is 2.33. The molecular weight excluding hydrogens is 206 g/mol. The number of ether oxygens (including phenoxy) is 1. The van der Waals surface area contributed by atoms with E-state index in [4.69, 9.17) is 4.74 Å². The smallest absolute Gasteiger partial charge is 0.137 e. The summed E-state index contributed by atoms with van der Waals surface area (Å²) in [6.07, 6.45) is 3.30. The fourth-order valence-corrected chi connectivity index (χ4v) is 1.30. The van der Waals surface area contributed by atoms with Crippen LogP contribution in [0.2, 0.25) is 0 Å². The van der Waals surface area contributed by atoms with Crippen molar-refractivity contribution in [3.8, 4) is 0 Å². The van der Waals surface area contributed by atoms with Gasteiger partial charge in [0.05, 0.1) is 13.2 Å². The molecule has 0 unspecified atom stereocenters. The molecule has 92 valence electrons. The van der Waals surface area contributed by atoms with Gasteiger partial charge in [-0.3, -0.25) is 4.68 Å². The molecule has 0 aromatic carbocycles. The lowest BCUT2D eigenvalue weighted by Gasteiger charge is -2.16. The van der Waals surface area contributed by atoms with E-state index in [1.165, 1.54) is 0 Å². The Morgan fingerprint density at radius 1 is 1.38 bits per heavy atom. The number of aromatic nitrogens is 3. The zero-order valence-electron chi connectivity index (χ0n) is 10.1. The Hall–Kier alpha value is -0.980. The third-order valence-electron chi connectivity index (χ3n) is 2.33. The number of likely N-dealkylation sites (N-methyl/N-ethyl adjacent to an activating group) is 1. The van der Waals surface area contributed by atoms with Crippen molar-refractivity contribution in [2.45, 2.75) is 6.54 Å². The fraction of sp³-hybridized carbons (Fsp3) is 0.800. The standard InChI is InChI=1S/C10H21N5O/c1-14(5-3-11-4-8-16-2)6-7-15-10-12-9-13-15/h9-11H,3-8H2,1-2H3. The molecule has 0 fully saturated rings. The van der Waals surface area contributed by atoms with Crippen molar-refractivity contribution in [1.82, 2.24) is 25.0 Å². The Labute approximate surface area is 96.6 Å². The molecule has 0 saturated heterocycles. The van der Waals surface area contributed by atoms with E-state index in [1.807, 2.05) is 4.68 Å². The molecule has 0 aliphatic rings. The van der Waals surface area contributed by atoms with Crippen LogP contribution in [0.3, 0.4) is 0 Å². The highest BCUT2D eigenvalue weighted by atomic mass is 16.5. The first-order valence-corrected chi connectivity index (χ1v) is 5.53. The van der Waals surface area contributed by atoms with E-state index in [0.717, 1.165) is 39.3 Å². The van der Waals surface area contributed by atoms with Crippen LogP contribution in [0.1, 0.15) is 0 Å². The Morgan fingerprint density at radius 2 is 2.25 bits per heavy atom. The summed E-state index contributed by atoms with van der Waals surface area (Å²) in [6.45, 7) is 5.55. The zero-order chi connectivity index (χ0) is 11.6. The average Bonchev–Trinajstić information content (AvgIpc) is 2.79. The van der Waals surface area contributed by atoms with Crippen molar-refractivity contribution in [2.75, 3.05) is 46.9 Å². The lowest BCUT2D eigenvalue weighted by atomic mass is 10.5. The molecule has 1 rings (SSSR count). The highest BCUT2D eigenvalue weighted by Gasteiger charge is 1.98. The van der Waals surface area contributed by atoms with Crippen molar-refractivity contribution in [3.05, 3.63) is 12.7 Å². The van der Waals surface area contributed by atoms with E-state index in [9.17, 15) is 0 Å². The van der Waals surface area contributed by atoms with E-state index in [-0.39, 0.29) is 0 Å². The van der Waals surface area contributed by atoms with Gasteiger partial charge in [0.25, 0.3) is 0 Å². The van der Waals surface area contributed by atoms with Crippen LogP contribution in [-0.2, 0) is 11.3 Å². The van der Waals surface area contributed by atoms with Crippen LogP contribution < -0.4 is 5.32 Å². The average molecular weight is 227 g/mol. The Balaban J connectivity index is 1.96. The van der Waals surface area contributed by atoms with Crippen LogP contribution in [0.5, 0.6) is 0 Å². The van der Waals surface area contributed by atoms with Gasteiger partial charge in [0, 0.05) is 33.3 Å². The van der Waals surface area contributed by atoms with Crippen molar-refractivity contribution in [2.24, 2.45) is 0 Å². The molecule has 0 amide bonds. The van der Waals surface area contributed by atoms with Crippen LogP contribution >= 0.6 is 0 Å². The van der Waals surface area contributed by atoms with Gasteiger partial charge in [0.15, 0.2) is 0 Å². The Kier molecular flexibility index (Phi) is 6.71. The molecule has 6 heteroatoms. The van der Waals surface area contributed by atoms with Gasteiger partial charge in [-0.2, -0.15) is 5.10 Å². The van der Waals surface area contributed by atoms with E-state index in [2.05, 4.69) is 27.3 Å². The van der Waals surface area contributed by atoms with Crippen molar-refractivity contribution in [1.29, 1.82) is 0 Å². The molecule has 0 spiro atoms. The number of hydrogen-bond acceptors (Lipinski definition) is 5. The van der Waals surface area contributed by atoms with Crippen LogP contribution in [-0.4, -0.2) is 66.6 Å². The first-order chi connectivity index (χ1) is 7.83. The first kappa shape index (κ1) is 13.1. The summed E-state index contributed by atoms with van der Waals surface area (Å²) >= 11 is 0. The SMILES string of the molecule is COCCNCCN(C)CCn1cncn1. The van der Waals surface area contributed by atoms with Crippen LogP contribution in [0.4, 0.5) is 0 Å². The second kappa shape index (κ2) is 8.20. The van der Waals surface area contributed by atoms with Gasteiger partial charge in [-0.15, -0.1) is 0 Å². The van der Waals surface area contributed by atoms with Crippen molar-refractivity contribution in [3.63, 3.8) is 0 Å². The third kappa shape index (κ3) is 5.79. The summed E-state index contributed by atoms with van der Waals surface area (Å²) in [6, 6.07) is 0. The maximum absolute atomic E-state index is 4.95. The normalized spacial score (nSPS) is 11.2. The Bertz CT molecular complexity index is 252. The molecule has 0 aliphatic heterocycles. The molecule has 1 aromatic heterocycles. The van der Waals surface area contributed by atoms with E-state index < -0.39 is 0 Å². The first-order valence-electron chi connectivity index (χ1n) is 5.53. The van der Waals surface area contributed by atoms with Crippen LogP contribution in [0, 0.1) is 0 Å². The molecule has 6 nitrogen and oxygen atoms in total. The minimum absolute atomic E-state index is 0.767. The number of hydrogen-bond donors (Lipinski definition) is 1. The predicted molar refractivity (Wildman–Crippen MR) is 62.3 cm³/mol. The molecule has 0 radical (unpaired) electrons. The minimum Gasteiger partial charge on any atom is -0.383 e. The van der Waals surface area contributed by atoms with Gasteiger partial charge in [0.2, 0.25) is 0 Å². The molecule has 0 aliphatic carbocycles. The highest BCUT2D eigenvalue weighted by molar-refractivity contribution is 4.59.